The monoisotopic (exact) mass is 536 g/mol. The van der Waals surface area contributed by atoms with Crippen LogP contribution in [0.4, 0.5) is 5.69 Å². The molecule has 0 radical (unpaired) electrons. The fourth-order valence-corrected chi connectivity index (χ4v) is 6.23. The highest BCUT2D eigenvalue weighted by molar-refractivity contribution is 8.04. The van der Waals surface area contributed by atoms with Gasteiger partial charge in [0.1, 0.15) is 0 Å². The van der Waals surface area contributed by atoms with E-state index in [1.54, 1.807) is 4.90 Å². The Bertz CT molecular complexity index is 1560. The summed E-state index contributed by atoms with van der Waals surface area (Å²) in [6, 6.07) is 31.4. The molecule has 0 aliphatic carbocycles. The van der Waals surface area contributed by atoms with Crippen LogP contribution in [0, 0.1) is 0 Å². The maximum absolute atomic E-state index is 13.6. The Morgan fingerprint density at radius 3 is 2.47 bits per heavy atom. The van der Waals surface area contributed by atoms with Crippen molar-refractivity contribution in [1.82, 2.24) is 4.90 Å². The molecule has 0 aromatic heterocycles. The zero-order valence-electron chi connectivity index (χ0n) is 20.6. The second-order valence-electron chi connectivity index (χ2n) is 9.47. The van der Waals surface area contributed by atoms with E-state index in [2.05, 4.69) is 12.1 Å². The number of carbonyl (C=O) groups excluding carboxylic acids is 2. The lowest BCUT2D eigenvalue weighted by Gasteiger charge is -2.30. The maximum Gasteiger partial charge on any atom is 0.265 e. The molecular weight excluding hydrogens is 512 g/mol. The van der Waals surface area contributed by atoms with Gasteiger partial charge >= 0.3 is 0 Å². The first-order chi connectivity index (χ1) is 18.5. The first kappa shape index (κ1) is 24.5. The molecule has 0 unspecified atom stereocenters. The average molecular weight is 537 g/mol. The highest BCUT2D eigenvalue weighted by atomic mass is 35.5. The summed E-state index contributed by atoms with van der Waals surface area (Å²) in [5.41, 5.74) is 5.92. The standard InChI is InChI=1S/C32H25ClN2O2S/c33-27-9-5-6-23(18-27)20-35-28-10-3-4-11-29(28)38-30(32(35)37)19-22-12-14-25(15-13-22)31(36)34-17-16-24-7-1-2-8-26(24)21-34/h1-15,18-19H,16-17,20-21H2/b30-19+. The van der Waals surface area contributed by atoms with Gasteiger partial charge in [-0.25, -0.2) is 0 Å². The summed E-state index contributed by atoms with van der Waals surface area (Å²) in [6.45, 7) is 1.78. The number of nitrogens with zero attached hydrogens (tertiary/aromatic N) is 2. The van der Waals surface area contributed by atoms with Gasteiger partial charge in [-0.15, -0.1) is 0 Å². The molecule has 4 aromatic carbocycles. The first-order valence-electron chi connectivity index (χ1n) is 12.6. The van der Waals surface area contributed by atoms with Gasteiger partial charge in [-0.05, 0) is 71.1 Å². The quantitative estimate of drug-likeness (QED) is 0.259. The van der Waals surface area contributed by atoms with Crippen molar-refractivity contribution in [2.24, 2.45) is 0 Å². The lowest BCUT2D eigenvalue weighted by Crippen LogP contribution is -2.35. The number of halogens is 1. The molecule has 38 heavy (non-hydrogen) atoms. The van der Waals surface area contributed by atoms with Crippen LogP contribution in [-0.2, 0) is 24.3 Å². The van der Waals surface area contributed by atoms with Crippen LogP contribution in [0.1, 0.15) is 32.6 Å². The van der Waals surface area contributed by atoms with Crippen molar-refractivity contribution in [2.75, 3.05) is 11.4 Å². The van der Waals surface area contributed by atoms with Gasteiger partial charge in [0, 0.05) is 28.6 Å². The molecule has 2 aliphatic heterocycles. The fraction of sp³-hybridized carbons (Fsp3) is 0.125. The molecule has 4 nitrogen and oxygen atoms in total. The number of carbonyl (C=O) groups is 2. The molecule has 188 valence electrons. The van der Waals surface area contributed by atoms with Crippen LogP contribution in [-0.4, -0.2) is 23.3 Å². The summed E-state index contributed by atoms with van der Waals surface area (Å²) in [5, 5.41) is 0.647. The average Bonchev–Trinajstić information content (AvgIpc) is 2.95. The molecule has 4 aromatic rings. The van der Waals surface area contributed by atoms with Crippen molar-refractivity contribution in [1.29, 1.82) is 0 Å². The number of para-hydroxylation sites is 1. The van der Waals surface area contributed by atoms with Crippen molar-refractivity contribution in [3.05, 3.63) is 135 Å². The maximum atomic E-state index is 13.6. The van der Waals surface area contributed by atoms with E-state index in [1.165, 1.54) is 22.9 Å². The Hall–Kier alpha value is -3.80. The molecule has 0 fully saturated rings. The number of thioether (sulfide) groups is 1. The third-order valence-corrected chi connectivity index (χ3v) is 8.25. The predicted octanol–water partition coefficient (Wildman–Crippen LogP) is 7.22. The summed E-state index contributed by atoms with van der Waals surface area (Å²) in [6.07, 6.45) is 2.78. The van der Waals surface area contributed by atoms with Crippen LogP contribution in [0.25, 0.3) is 6.08 Å². The number of hydrogen-bond acceptors (Lipinski definition) is 3. The van der Waals surface area contributed by atoms with E-state index in [0.29, 0.717) is 35.1 Å². The SMILES string of the molecule is O=C(c1ccc(/C=C2/Sc3ccccc3N(Cc3cccc(Cl)c3)C2=O)cc1)N1CCc2ccccc2C1. The van der Waals surface area contributed by atoms with Crippen molar-refractivity contribution < 1.29 is 9.59 Å². The zero-order chi connectivity index (χ0) is 26.1. The van der Waals surface area contributed by atoms with Crippen molar-refractivity contribution in [2.45, 2.75) is 24.4 Å². The van der Waals surface area contributed by atoms with Crippen LogP contribution in [0.2, 0.25) is 5.02 Å². The molecule has 0 bridgehead atoms. The van der Waals surface area contributed by atoms with E-state index in [9.17, 15) is 9.59 Å². The minimum atomic E-state index is -0.0548. The van der Waals surface area contributed by atoms with E-state index >= 15 is 0 Å². The molecule has 2 heterocycles. The summed E-state index contributed by atoms with van der Waals surface area (Å²) in [4.78, 5) is 32.2. The second kappa shape index (κ2) is 10.5. The van der Waals surface area contributed by atoms with Gasteiger partial charge in [-0.2, -0.15) is 0 Å². The van der Waals surface area contributed by atoms with Crippen molar-refractivity contribution >= 4 is 46.9 Å². The largest absolute Gasteiger partial charge is 0.334 e. The molecule has 2 amide bonds. The number of hydrogen-bond donors (Lipinski definition) is 0. The molecule has 6 heteroatoms. The van der Waals surface area contributed by atoms with Crippen LogP contribution in [0.3, 0.4) is 0 Å². The molecule has 0 spiro atoms. The Labute approximate surface area is 231 Å². The highest BCUT2D eigenvalue weighted by Crippen LogP contribution is 2.42. The van der Waals surface area contributed by atoms with Gasteiger partial charge in [0.05, 0.1) is 17.1 Å². The Morgan fingerprint density at radius 2 is 1.66 bits per heavy atom. The van der Waals surface area contributed by atoms with E-state index in [-0.39, 0.29) is 11.8 Å². The topological polar surface area (TPSA) is 40.6 Å². The molecule has 0 saturated carbocycles. The summed E-state index contributed by atoms with van der Waals surface area (Å²) < 4.78 is 0. The van der Waals surface area contributed by atoms with E-state index in [4.69, 9.17) is 11.6 Å². The van der Waals surface area contributed by atoms with Gasteiger partial charge in [-0.1, -0.05) is 84.0 Å². The van der Waals surface area contributed by atoms with Crippen LogP contribution in [0.15, 0.2) is 107 Å². The third-order valence-electron chi connectivity index (χ3n) is 6.93. The van der Waals surface area contributed by atoms with Crippen molar-refractivity contribution in [3.8, 4) is 0 Å². The van der Waals surface area contributed by atoms with Crippen LogP contribution < -0.4 is 4.90 Å². The summed E-state index contributed by atoms with van der Waals surface area (Å²) in [7, 11) is 0. The Balaban J connectivity index is 1.23. The Morgan fingerprint density at radius 1 is 0.895 bits per heavy atom. The number of benzene rings is 4. The lowest BCUT2D eigenvalue weighted by molar-refractivity contribution is -0.114. The third kappa shape index (κ3) is 5.00. The minimum absolute atomic E-state index is 0.0310. The summed E-state index contributed by atoms with van der Waals surface area (Å²) in [5.74, 6) is -0.0238. The number of fused-ring (bicyclic) bond motifs is 2. The van der Waals surface area contributed by atoms with Crippen LogP contribution in [0.5, 0.6) is 0 Å². The zero-order valence-corrected chi connectivity index (χ0v) is 22.2. The smallest absolute Gasteiger partial charge is 0.265 e. The van der Waals surface area contributed by atoms with E-state index in [1.807, 2.05) is 95.9 Å². The summed E-state index contributed by atoms with van der Waals surface area (Å²) >= 11 is 7.67. The molecular formula is C32H25ClN2O2S. The van der Waals surface area contributed by atoms with Gasteiger partial charge in [0.15, 0.2) is 0 Å². The number of rotatable bonds is 4. The lowest BCUT2D eigenvalue weighted by atomic mass is 9.99. The molecule has 0 saturated heterocycles. The molecule has 0 atom stereocenters. The van der Waals surface area contributed by atoms with Crippen molar-refractivity contribution in [3.63, 3.8) is 0 Å². The number of anilines is 1. The van der Waals surface area contributed by atoms with Gasteiger partial charge in [0.25, 0.3) is 11.8 Å². The Kier molecular flexibility index (Phi) is 6.79. The van der Waals surface area contributed by atoms with E-state index in [0.717, 1.165) is 28.1 Å². The van der Waals surface area contributed by atoms with Gasteiger partial charge < -0.3 is 9.80 Å². The second-order valence-corrected chi connectivity index (χ2v) is 11.0. The van der Waals surface area contributed by atoms with Gasteiger partial charge in [-0.3, -0.25) is 9.59 Å². The predicted molar refractivity (Wildman–Crippen MR) is 154 cm³/mol. The van der Waals surface area contributed by atoms with E-state index < -0.39 is 0 Å². The minimum Gasteiger partial charge on any atom is -0.334 e. The van der Waals surface area contributed by atoms with Gasteiger partial charge in [0.2, 0.25) is 0 Å². The molecule has 6 rings (SSSR count). The fourth-order valence-electron chi connectivity index (χ4n) is 4.96. The number of amides is 2. The highest BCUT2D eigenvalue weighted by Gasteiger charge is 2.29. The normalized spacial score (nSPS) is 15.8. The molecule has 0 N–H and O–H groups in total. The first-order valence-corrected chi connectivity index (χ1v) is 13.8. The van der Waals surface area contributed by atoms with Crippen LogP contribution >= 0.6 is 23.4 Å². The molecule has 2 aliphatic rings.